The molecule has 0 spiro atoms. The van der Waals surface area contributed by atoms with Gasteiger partial charge in [-0.15, -0.1) is 11.3 Å². The summed E-state index contributed by atoms with van der Waals surface area (Å²) in [7, 11) is 0. The SMILES string of the molecule is CC1(C(=O)N(Cc2ccccc2)Cc2cccs2)CCC=CC1=O. The highest BCUT2D eigenvalue weighted by Gasteiger charge is 2.42. The van der Waals surface area contributed by atoms with E-state index in [4.69, 9.17) is 0 Å². The normalized spacial score (nSPS) is 20.1. The summed E-state index contributed by atoms with van der Waals surface area (Å²) in [6.07, 6.45) is 4.77. The summed E-state index contributed by atoms with van der Waals surface area (Å²) < 4.78 is 0. The Morgan fingerprint density at radius 3 is 2.62 bits per heavy atom. The molecule has 1 aliphatic rings. The van der Waals surface area contributed by atoms with Gasteiger partial charge in [-0.3, -0.25) is 9.59 Å². The van der Waals surface area contributed by atoms with Crippen LogP contribution >= 0.6 is 11.3 Å². The van der Waals surface area contributed by atoms with Crippen LogP contribution in [0, 0.1) is 5.41 Å². The molecule has 24 heavy (non-hydrogen) atoms. The Labute approximate surface area is 146 Å². The van der Waals surface area contributed by atoms with Crippen LogP contribution in [-0.4, -0.2) is 16.6 Å². The maximum Gasteiger partial charge on any atom is 0.236 e. The van der Waals surface area contributed by atoms with Gasteiger partial charge in [0.2, 0.25) is 5.91 Å². The van der Waals surface area contributed by atoms with Gasteiger partial charge in [-0.25, -0.2) is 0 Å². The van der Waals surface area contributed by atoms with Crippen molar-refractivity contribution in [2.24, 2.45) is 5.41 Å². The second-order valence-corrected chi connectivity index (χ2v) is 7.40. The molecule has 0 radical (unpaired) electrons. The van der Waals surface area contributed by atoms with Crippen molar-refractivity contribution in [2.75, 3.05) is 0 Å². The zero-order valence-electron chi connectivity index (χ0n) is 13.8. The molecule has 4 heteroatoms. The summed E-state index contributed by atoms with van der Waals surface area (Å²) in [6.45, 7) is 2.84. The first-order valence-electron chi connectivity index (χ1n) is 8.16. The van der Waals surface area contributed by atoms with Gasteiger partial charge in [-0.2, -0.15) is 0 Å². The van der Waals surface area contributed by atoms with E-state index in [0.29, 0.717) is 19.5 Å². The van der Waals surface area contributed by atoms with E-state index < -0.39 is 5.41 Å². The predicted molar refractivity (Wildman–Crippen MR) is 96.5 cm³/mol. The van der Waals surface area contributed by atoms with Crippen LogP contribution in [0.25, 0.3) is 0 Å². The van der Waals surface area contributed by atoms with Gasteiger partial charge in [-0.05, 0) is 42.9 Å². The quantitative estimate of drug-likeness (QED) is 0.766. The Hall–Kier alpha value is -2.20. The summed E-state index contributed by atoms with van der Waals surface area (Å²) >= 11 is 1.63. The molecule has 1 aliphatic carbocycles. The molecule has 0 bridgehead atoms. The third-order valence-corrected chi connectivity index (χ3v) is 5.39. The van der Waals surface area contributed by atoms with E-state index in [9.17, 15) is 9.59 Å². The van der Waals surface area contributed by atoms with Crippen LogP contribution < -0.4 is 0 Å². The molecule has 124 valence electrons. The van der Waals surface area contributed by atoms with Gasteiger partial charge < -0.3 is 4.90 Å². The van der Waals surface area contributed by atoms with E-state index in [0.717, 1.165) is 16.9 Å². The molecular weight excluding hydrogens is 318 g/mol. The van der Waals surface area contributed by atoms with Crippen LogP contribution in [0.5, 0.6) is 0 Å². The number of ketones is 1. The molecule has 0 fully saturated rings. The van der Waals surface area contributed by atoms with Crippen molar-refractivity contribution in [3.63, 3.8) is 0 Å². The van der Waals surface area contributed by atoms with Crippen molar-refractivity contribution in [3.8, 4) is 0 Å². The fraction of sp³-hybridized carbons (Fsp3) is 0.300. The standard InChI is InChI=1S/C20H21NO2S/c1-20(12-6-5-11-18(20)22)19(23)21(15-17-10-7-13-24-17)14-16-8-3-2-4-9-16/h2-5,7-11,13H,6,12,14-15H2,1H3. The maximum absolute atomic E-state index is 13.2. The van der Waals surface area contributed by atoms with Crippen molar-refractivity contribution < 1.29 is 9.59 Å². The Morgan fingerprint density at radius 2 is 1.96 bits per heavy atom. The van der Waals surface area contributed by atoms with E-state index in [1.54, 1.807) is 24.3 Å². The molecule has 1 aromatic heterocycles. The molecule has 0 saturated heterocycles. The summed E-state index contributed by atoms with van der Waals surface area (Å²) in [5.41, 5.74) is 0.130. The number of benzene rings is 1. The van der Waals surface area contributed by atoms with Crippen molar-refractivity contribution in [2.45, 2.75) is 32.9 Å². The third kappa shape index (κ3) is 3.49. The van der Waals surface area contributed by atoms with Crippen LogP contribution in [0.2, 0.25) is 0 Å². The Bertz CT molecular complexity index is 736. The first kappa shape index (κ1) is 16.7. The number of carbonyl (C=O) groups is 2. The molecule has 1 atom stereocenters. The summed E-state index contributed by atoms with van der Waals surface area (Å²) in [5.74, 6) is -0.155. The number of nitrogens with zero attached hydrogens (tertiary/aromatic N) is 1. The zero-order valence-corrected chi connectivity index (χ0v) is 14.6. The minimum Gasteiger partial charge on any atom is -0.332 e. The van der Waals surface area contributed by atoms with Crippen LogP contribution in [-0.2, 0) is 22.7 Å². The van der Waals surface area contributed by atoms with Gasteiger partial charge in [0.05, 0.1) is 6.54 Å². The van der Waals surface area contributed by atoms with Gasteiger partial charge >= 0.3 is 0 Å². The lowest BCUT2D eigenvalue weighted by Crippen LogP contribution is -2.46. The highest BCUT2D eigenvalue weighted by molar-refractivity contribution is 7.09. The molecule has 1 unspecified atom stereocenters. The van der Waals surface area contributed by atoms with Gasteiger partial charge in [-0.1, -0.05) is 42.5 Å². The molecular formula is C20H21NO2S. The minimum atomic E-state index is -0.944. The summed E-state index contributed by atoms with van der Waals surface area (Å²) in [6, 6.07) is 14.0. The molecule has 3 rings (SSSR count). The lowest BCUT2D eigenvalue weighted by atomic mass is 9.76. The first-order chi connectivity index (χ1) is 11.6. The van der Waals surface area contributed by atoms with Gasteiger partial charge in [0.25, 0.3) is 0 Å². The smallest absolute Gasteiger partial charge is 0.236 e. The number of carbonyl (C=O) groups excluding carboxylic acids is 2. The topological polar surface area (TPSA) is 37.4 Å². The maximum atomic E-state index is 13.2. The second-order valence-electron chi connectivity index (χ2n) is 6.36. The van der Waals surface area contributed by atoms with Crippen LogP contribution in [0.3, 0.4) is 0 Å². The summed E-state index contributed by atoms with van der Waals surface area (Å²) in [5, 5.41) is 2.01. The van der Waals surface area contributed by atoms with Crippen molar-refractivity contribution >= 4 is 23.0 Å². The minimum absolute atomic E-state index is 0.0749. The second kappa shape index (κ2) is 7.14. The number of hydrogen-bond acceptors (Lipinski definition) is 3. The van der Waals surface area contributed by atoms with Crippen LogP contribution in [0.1, 0.15) is 30.2 Å². The lowest BCUT2D eigenvalue weighted by Gasteiger charge is -2.34. The van der Waals surface area contributed by atoms with Crippen molar-refractivity contribution in [1.29, 1.82) is 0 Å². The first-order valence-corrected chi connectivity index (χ1v) is 9.04. The fourth-order valence-corrected chi connectivity index (χ4v) is 3.74. The molecule has 0 aliphatic heterocycles. The summed E-state index contributed by atoms with van der Waals surface area (Å²) in [4.78, 5) is 28.6. The number of allylic oxidation sites excluding steroid dienone is 2. The largest absolute Gasteiger partial charge is 0.332 e. The highest BCUT2D eigenvalue weighted by Crippen LogP contribution is 2.33. The average molecular weight is 339 g/mol. The van der Waals surface area contributed by atoms with Crippen molar-refractivity contribution in [1.82, 2.24) is 4.90 Å². The molecule has 1 amide bonds. The van der Waals surface area contributed by atoms with E-state index >= 15 is 0 Å². The van der Waals surface area contributed by atoms with Crippen LogP contribution in [0.4, 0.5) is 0 Å². The molecule has 3 nitrogen and oxygen atoms in total. The molecule has 1 heterocycles. The van der Waals surface area contributed by atoms with Crippen LogP contribution in [0.15, 0.2) is 60.0 Å². The highest BCUT2D eigenvalue weighted by atomic mass is 32.1. The number of hydrogen-bond donors (Lipinski definition) is 0. The molecule has 2 aromatic rings. The monoisotopic (exact) mass is 339 g/mol. The number of thiophene rings is 1. The molecule has 0 N–H and O–H groups in total. The Kier molecular flexibility index (Phi) is 4.95. The predicted octanol–water partition coefficient (Wildman–Crippen LogP) is 4.20. The fourth-order valence-electron chi connectivity index (χ4n) is 3.02. The average Bonchev–Trinajstić information content (AvgIpc) is 3.10. The third-order valence-electron chi connectivity index (χ3n) is 4.53. The zero-order chi connectivity index (χ0) is 17.0. The number of amides is 1. The van der Waals surface area contributed by atoms with E-state index in [2.05, 4.69) is 0 Å². The lowest BCUT2D eigenvalue weighted by molar-refractivity contribution is -0.148. The Morgan fingerprint density at radius 1 is 1.17 bits per heavy atom. The van der Waals surface area contributed by atoms with E-state index in [1.165, 1.54) is 0 Å². The van der Waals surface area contributed by atoms with Gasteiger partial charge in [0.1, 0.15) is 5.41 Å². The van der Waals surface area contributed by atoms with Gasteiger partial charge in [0, 0.05) is 11.4 Å². The van der Waals surface area contributed by atoms with E-state index in [-0.39, 0.29) is 11.7 Å². The van der Waals surface area contributed by atoms with Crippen molar-refractivity contribution in [3.05, 3.63) is 70.4 Å². The van der Waals surface area contributed by atoms with Gasteiger partial charge in [0.15, 0.2) is 5.78 Å². The molecule has 0 saturated carbocycles. The molecule has 1 aromatic carbocycles. The Balaban J connectivity index is 1.87. The van der Waals surface area contributed by atoms with E-state index in [1.807, 2.05) is 58.8 Å². The number of rotatable bonds is 5.